The monoisotopic (exact) mass is 342 g/mol. The van der Waals surface area contributed by atoms with Crippen molar-refractivity contribution in [1.82, 2.24) is 0 Å². The summed E-state index contributed by atoms with van der Waals surface area (Å²) < 4.78 is 0. The Kier molecular flexibility index (Phi) is 11.4. The van der Waals surface area contributed by atoms with E-state index in [4.69, 9.17) is 0 Å². The summed E-state index contributed by atoms with van der Waals surface area (Å²) in [5, 5.41) is 19.5. The van der Waals surface area contributed by atoms with Gasteiger partial charge in [0.2, 0.25) is 0 Å². The van der Waals surface area contributed by atoms with Gasteiger partial charge in [0.05, 0.1) is 6.10 Å². The maximum atomic E-state index is 10.8. The van der Waals surface area contributed by atoms with Crippen molar-refractivity contribution < 1.29 is 15.0 Å². The van der Waals surface area contributed by atoms with Crippen molar-refractivity contribution in [3.8, 4) is 23.7 Å². The molecular weight excluding hydrogens is 312 g/mol. The lowest BCUT2D eigenvalue weighted by Crippen LogP contribution is -2.04. The highest BCUT2D eigenvalue weighted by atomic mass is 16.3. The van der Waals surface area contributed by atoms with E-state index in [1.54, 1.807) is 31.2 Å². The summed E-state index contributed by atoms with van der Waals surface area (Å²) in [6.07, 6.45) is 13.9. The second kappa shape index (κ2) is 13.5. The Labute approximate surface area is 152 Å². The summed E-state index contributed by atoms with van der Waals surface area (Å²) in [6, 6.07) is 0. The van der Waals surface area contributed by atoms with Crippen LogP contribution in [0, 0.1) is 29.6 Å². The molecule has 0 aliphatic heterocycles. The zero-order valence-corrected chi connectivity index (χ0v) is 15.2. The van der Waals surface area contributed by atoms with Gasteiger partial charge in [0.1, 0.15) is 11.9 Å². The van der Waals surface area contributed by atoms with Gasteiger partial charge in [-0.2, -0.15) is 0 Å². The smallest absolute Gasteiger partial charge is 0.129 e. The van der Waals surface area contributed by atoms with Gasteiger partial charge in [0.25, 0.3) is 0 Å². The van der Waals surface area contributed by atoms with E-state index in [0.29, 0.717) is 31.6 Å². The highest BCUT2D eigenvalue weighted by Gasteiger charge is 2.09. The van der Waals surface area contributed by atoms with Crippen LogP contribution < -0.4 is 0 Å². The van der Waals surface area contributed by atoms with E-state index in [1.165, 1.54) is 32.1 Å². The minimum Gasteiger partial charge on any atom is -0.388 e. The summed E-state index contributed by atoms with van der Waals surface area (Å²) in [6.45, 7) is 1.54. The Balaban J connectivity index is 2.20. The van der Waals surface area contributed by atoms with Crippen LogP contribution in [0.2, 0.25) is 0 Å². The molecule has 2 N–H and O–H groups in total. The zero-order valence-electron chi connectivity index (χ0n) is 15.2. The van der Waals surface area contributed by atoms with Crippen LogP contribution in [0.4, 0.5) is 0 Å². The van der Waals surface area contributed by atoms with Gasteiger partial charge in [-0.1, -0.05) is 61.2 Å². The molecule has 0 heterocycles. The van der Waals surface area contributed by atoms with Crippen molar-refractivity contribution in [2.24, 2.45) is 5.92 Å². The molecule has 25 heavy (non-hydrogen) atoms. The molecule has 1 saturated carbocycles. The van der Waals surface area contributed by atoms with Crippen LogP contribution in [0.1, 0.15) is 64.7 Å². The SMILES string of the molecule is CC(=O)CCC[C@H](O)C#C/C=C/C=C/[C@H](O)CC#CC1CCCCC1. The van der Waals surface area contributed by atoms with E-state index in [9.17, 15) is 15.0 Å². The molecule has 0 aromatic heterocycles. The highest BCUT2D eigenvalue weighted by molar-refractivity contribution is 5.75. The average Bonchev–Trinajstić information content (AvgIpc) is 2.58. The maximum Gasteiger partial charge on any atom is 0.129 e. The molecule has 0 unspecified atom stereocenters. The summed E-state index contributed by atoms with van der Waals surface area (Å²) in [5.41, 5.74) is 0. The highest BCUT2D eigenvalue weighted by Crippen LogP contribution is 2.22. The molecule has 0 aromatic carbocycles. The van der Waals surface area contributed by atoms with Gasteiger partial charge in [0.15, 0.2) is 0 Å². The number of Topliss-reactive ketones (excluding diaryl/α,β-unsaturated/α-hetero) is 1. The molecule has 1 aliphatic rings. The number of carbonyl (C=O) groups excluding carboxylic acids is 1. The van der Waals surface area contributed by atoms with Crippen LogP contribution in [0.25, 0.3) is 0 Å². The summed E-state index contributed by atoms with van der Waals surface area (Å²) in [4.78, 5) is 10.8. The summed E-state index contributed by atoms with van der Waals surface area (Å²) in [7, 11) is 0. The number of rotatable bonds is 7. The van der Waals surface area contributed by atoms with Gasteiger partial charge < -0.3 is 15.0 Å². The lowest BCUT2D eigenvalue weighted by molar-refractivity contribution is -0.117. The molecule has 0 saturated heterocycles. The molecule has 3 heteroatoms. The van der Waals surface area contributed by atoms with Crippen LogP contribution in [0.15, 0.2) is 24.3 Å². The Morgan fingerprint density at radius 3 is 2.68 bits per heavy atom. The van der Waals surface area contributed by atoms with Crippen molar-refractivity contribution in [3.63, 3.8) is 0 Å². The van der Waals surface area contributed by atoms with Crippen molar-refractivity contribution in [2.45, 2.75) is 76.9 Å². The molecule has 0 amide bonds. The Morgan fingerprint density at radius 2 is 1.96 bits per heavy atom. The minimum atomic E-state index is -0.700. The van der Waals surface area contributed by atoms with Crippen molar-refractivity contribution >= 4 is 5.78 Å². The molecule has 0 aromatic rings. The van der Waals surface area contributed by atoms with Crippen LogP contribution in [-0.4, -0.2) is 28.2 Å². The van der Waals surface area contributed by atoms with E-state index >= 15 is 0 Å². The molecule has 3 nitrogen and oxygen atoms in total. The van der Waals surface area contributed by atoms with E-state index in [0.717, 1.165) is 0 Å². The molecule has 1 aliphatic carbocycles. The molecule has 1 rings (SSSR count). The molecular formula is C22H30O3. The standard InChI is InChI=1S/C22H30O3/c1-19(23)11-9-17-21(24)15-7-2-3-8-16-22(25)18-10-14-20-12-5-4-6-13-20/h2-3,8,16,20-22,24-25H,4-6,9,11-13,17-18H2,1H3/b3-2+,16-8+/t21-,22+/m1/s1. The van der Waals surface area contributed by atoms with E-state index in [1.807, 2.05) is 0 Å². The third-order valence-electron chi connectivity index (χ3n) is 4.10. The molecule has 2 atom stereocenters. The molecule has 136 valence electrons. The predicted molar refractivity (Wildman–Crippen MR) is 102 cm³/mol. The van der Waals surface area contributed by atoms with Gasteiger partial charge in [-0.25, -0.2) is 0 Å². The number of allylic oxidation sites excluding steroid dienone is 3. The Hall–Kier alpha value is -1.81. The first-order valence-corrected chi connectivity index (χ1v) is 9.26. The normalized spacial score (nSPS) is 17.6. The fourth-order valence-corrected chi connectivity index (χ4v) is 2.68. The van der Waals surface area contributed by atoms with Crippen molar-refractivity contribution in [1.29, 1.82) is 0 Å². The quantitative estimate of drug-likeness (QED) is 0.549. The fourth-order valence-electron chi connectivity index (χ4n) is 2.68. The van der Waals surface area contributed by atoms with E-state index in [2.05, 4.69) is 23.7 Å². The number of aliphatic hydroxyl groups is 2. The fraction of sp³-hybridized carbons (Fsp3) is 0.591. The predicted octanol–water partition coefficient (Wildman–Crippen LogP) is 3.56. The van der Waals surface area contributed by atoms with Gasteiger partial charge >= 0.3 is 0 Å². The first-order valence-electron chi connectivity index (χ1n) is 9.26. The Morgan fingerprint density at radius 1 is 1.20 bits per heavy atom. The van der Waals surface area contributed by atoms with Gasteiger partial charge in [-0.3, -0.25) is 0 Å². The third kappa shape index (κ3) is 12.2. The van der Waals surface area contributed by atoms with Crippen molar-refractivity contribution in [3.05, 3.63) is 24.3 Å². The first-order chi connectivity index (χ1) is 12.1. The van der Waals surface area contributed by atoms with Gasteiger partial charge in [0, 0.05) is 18.8 Å². The molecule has 0 bridgehead atoms. The van der Waals surface area contributed by atoms with Crippen LogP contribution in [0.3, 0.4) is 0 Å². The first kappa shape index (κ1) is 21.2. The number of aliphatic hydroxyl groups excluding tert-OH is 2. The summed E-state index contributed by atoms with van der Waals surface area (Å²) in [5.74, 6) is 12.5. The van der Waals surface area contributed by atoms with Crippen LogP contribution >= 0.6 is 0 Å². The lowest BCUT2D eigenvalue weighted by Gasteiger charge is -2.15. The van der Waals surface area contributed by atoms with Crippen molar-refractivity contribution in [2.75, 3.05) is 0 Å². The van der Waals surface area contributed by atoms with Crippen LogP contribution in [0.5, 0.6) is 0 Å². The molecule has 0 spiro atoms. The topological polar surface area (TPSA) is 57.5 Å². The molecule has 1 fully saturated rings. The van der Waals surface area contributed by atoms with E-state index in [-0.39, 0.29) is 5.78 Å². The van der Waals surface area contributed by atoms with E-state index < -0.39 is 12.2 Å². The van der Waals surface area contributed by atoms with Gasteiger partial charge in [-0.15, -0.1) is 0 Å². The molecule has 0 radical (unpaired) electrons. The Bertz CT molecular complexity index is 560. The maximum absolute atomic E-state index is 10.8. The second-order valence-electron chi connectivity index (χ2n) is 6.57. The zero-order chi connectivity index (χ0) is 18.3. The number of hydrogen-bond acceptors (Lipinski definition) is 3. The largest absolute Gasteiger partial charge is 0.388 e. The second-order valence-corrected chi connectivity index (χ2v) is 6.57. The number of carbonyl (C=O) groups is 1. The average molecular weight is 342 g/mol. The third-order valence-corrected chi connectivity index (χ3v) is 4.10. The summed E-state index contributed by atoms with van der Waals surface area (Å²) >= 11 is 0. The minimum absolute atomic E-state index is 0.132. The number of ketones is 1. The lowest BCUT2D eigenvalue weighted by atomic mass is 9.90. The van der Waals surface area contributed by atoms with Gasteiger partial charge in [-0.05, 0) is 38.7 Å². The number of hydrogen-bond donors (Lipinski definition) is 2. The van der Waals surface area contributed by atoms with Crippen LogP contribution in [-0.2, 0) is 4.79 Å².